The van der Waals surface area contributed by atoms with E-state index in [-0.39, 0.29) is 5.56 Å². The quantitative estimate of drug-likeness (QED) is 0.646. The molecule has 0 unspecified atom stereocenters. The van der Waals surface area contributed by atoms with Crippen molar-refractivity contribution in [2.45, 2.75) is 6.18 Å². The average Bonchev–Trinajstić information content (AvgIpc) is 2.35. The van der Waals surface area contributed by atoms with Crippen LogP contribution in [0.1, 0.15) is 5.56 Å². The summed E-state index contributed by atoms with van der Waals surface area (Å²) in [4.78, 5) is 0. The van der Waals surface area contributed by atoms with Crippen LogP contribution in [0.3, 0.4) is 0 Å². The van der Waals surface area contributed by atoms with Gasteiger partial charge in [-0.2, -0.15) is 21.6 Å². The lowest BCUT2D eigenvalue weighted by Gasteiger charge is -2.10. The molecule has 0 bridgehead atoms. The summed E-state index contributed by atoms with van der Waals surface area (Å²) < 4.78 is 64.5. The number of nitrogens with zero attached hydrogens (tertiary/aromatic N) is 1. The minimum absolute atomic E-state index is 0.273. The Hall–Kier alpha value is -2.09. The van der Waals surface area contributed by atoms with E-state index in [1.54, 1.807) is 24.3 Å². The second-order valence-electron chi connectivity index (χ2n) is 4.28. The van der Waals surface area contributed by atoms with Gasteiger partial charge in [0.2, 0.25) is 0 Å². The van der Waals surface area contributed by atoms with Crippen molar-refractivity contribution in [1.29, 1.82) is 0 Å². The van der Waals surface area contributed by atoms with Gasteiger partial charge in [0, 0.05) is 5.56 Å². The largest absolute Gasteiger partial charge is 0.437 e. The highest BCUT2D eigenvalue weighted by atomic mass is 32.2. The summed E-state index contributed by atoms with van der Waals surface area (Å²) in [6.45, 7) is 0. The maximum atomic E-state index is 13.0. The van der Waals surface area contributed by atoms with Gasteiger partial charge in [0.15, 0.2) is 5.71 Å². The Morgan fingerprint density at radius 2 is 1.71 bits per heavy atom. The number of hydrogen-bond donors (Lipinski definition) is 0. The molecule has 8 heteroatoms. The summed E-state index contributed by atoms with van der Waals surface area (Å²) in [5, 5.41) is 4.08. The number of alkyl halides is 3. The Morgan fingerprint density at radius 3 is 2.29 bits per heavy atom. The van der Waals surface area contributed by atoms with Gasteiger partial charge in [-0.05, 0) is 16.8 Å². The van der Waals surface area contributed by atoms with E-state index >= 15 is 0 Å². The van der Waals surface area contributed by atoms with Crippen molar-refractivity contribution < 1.29 is 25.9 Å². The standard InChI is InChI=1S/C13H10F3NO3S/c1-21(18,19)20-17-12(13(14,15)16)11-7-6-9-4-2-3-5-10(9)8-11/h2-8H,1H3. The fourth-order valence-corrected chi connectivity index (χ4v) is 1.92. The molecule has 2 aromatic carbocycles. The molecule has 0 heterocycles. The van der Waals surface area contributed by atoms with Crippen molar-refractivity contribution >= 4 is 26.6 Å². The first-order valence-corrected chi connectivity index (χ1v) is 7.51. The fourth-order valence-electron chi connectivity index (χ4n) is 1.71. The number of fused-ring (bicyclic) bond motifs is 1. The zero-order valence-electron chi connectivity index (χ0n) is 10.8. The second kappa shape index (κ2) is 5.36. The predicted octanol–water partition coefficient (Wildman–Crippen LogP) is 3.08. The van der Waals surface area contributed by atoms with Crippen LogP contribution >= 0.6 is 0 Å². The van der Waals surface area contributed by atoms with Crippen molar-refractivity contribution in [1.82, 2.24) is 0 Å². The molecular weight excluding hydrogens is 307 g/mol. The van der Waals surface area contributed by atoms with E-state index in [0.717, 1.165) is 5.39 Å². The third-order valence-electron chi connectivity index (χ3n) is 2.56. The molecule has 2 aromatic rings. The SMILES string of the molecule is CS(=O)(=O)ON=C(c1ccc2ccccc2c1)C(F)(F)F. The Balaban J connectivity index is 2.53. The van der Waals surface area contributed by atoms with Crippen LogP contribution in [-0.4, -0.2) is 26.6 Å². The Morgan fingerprint density at radius 1 is 1.10 bits per heavy atom. The van der Waals surface area contributed by atoms with Crippen LogP contribution in [-0.2, 0) is 14.4 Å². The molecule has 0 spiro atoms. The molecule has 0 aromatic heterocycles. The number of benzene rings is 2. The van der Waals surface area contributed by atoms with Crippen LogP contribution in [0, 0.1) is 0 Å². The normalized spacial score (nSPS) is 13.4. The Bertz CT molecular complexity index is 798. The van der Waals surface area contributed by atoms with E-state index in [9.17, 15) is 21.6 Å². The van der Waals surface area contributed by atoms with Gasteiger partial charge in [-0.25, -0.2) is 0 Å². The summed E-state index contributed by atoms with van der Waals surface area (Å²) in [6.07, 6.45) is -4.22. The molecule has 0 amide bonds. The smallest absolute Gasteiger partial charge is 0.268 e. The Kier molecular flexibility index (Phi) is 3.91. The number of halogens is 3. The lowest BCUT2D eigenvalue weighted by molar-refractivity contribution is -0.0596. The highest BCUT2D eigenvalue weighted by Crippen LogP contribution is 2.25. The van der Waals surface area contributed by atoms with E-state index < -0.39 is 22.0 Å². The van der Waals surface area contributed by atoms with E-state index in [1.165, 1.54) is 18.2 Å². The van der Waals surface area contributed by atoms with Gasteiger partial charge in [-0.1, -0.05) is 41.6 Å². The molecule has 112 valence electrons. The summed E-state index contributed by atoms with van der Waals surface area (Å²) in [5.74, 6) is 0. The predicted molar refractivity (Wildman–Crippen MR) is 72.5 cm³/mol. The molecule has 0 saturated carbocycles. The monoisotopic (exact) mass is 317 g/mol. The van der Waals surface area contributed by atoms with Gasteiger partial charge in [0.1, 0.15) is 0 Å². The lowest BCUT2D eigenvalue weighted by atomic mass is 10.0. The zero-order chi connectivity index (χ0) is 15.7. The highest BCUT2D eigenvalue weighted by Gasteiger charge is 2.38. The molecule has 2 rings (SSSR count). The molecular formula is C13H10F3NO3S. The first-order valence-electron chi connectivity index (χ1n) is 5.70. The molecule has 21 heavy (non-hydrogen) atoms. The lowest BCUT2D eigenvalue weighted by Crippen LogP contribution is -2.24. The zero-order valence-corrected chi connectivity index (χ0v) is 11.6. The molecule has 0 N–H and O–H groups in total. The minimum Gasteiger partial charge on any atom is -0.268 e. The van der Waals surface area contributed by atoms with Gasteiger partial charge in [-0.3, -0.25) is 4.28 Å². The number of hydrogen-bond acceptors (Lipinski definition) is 4. The van der Waals surface area contributed by atoms with Gasteiger partial charge >= 0.3 is 16.3 Å². The molecule has 0 atom stereocenters. The first kappa shape index (κ1) is 15.3. The maximum Gasteiger partial charge on any atom is 0.437 e. The number of oxime groups is 1. The van der Waals surface area contributed by atoms with E-state index in [4.69, 9.17) is 0 Å². The van der Waals surface area contributed by atoms with Crippen molar-refractivity contribution in [3.05, 3.63) is 48.0 Å². The third-order valence-corrected chi connectivity index (χ3v) is 2.90. The maximum absolute atomic E-state index is 13.0. The molecule has 0 saturated heterocycles. The van der Waals surface area contributed by atoms with Gasteiger partial charge in [0.25, 0.3) is 0 Å². The van der Waals surface area contributed by atoms with Crippen LogP contribution in [0.15, 0.2) is 47.6 Å². The van der Waals surface area contributed by atoms with Crippen molar-refractivity contribution in [3.8, 4) is 0 Å². The van der Waals surface area contributed by atoms with Crippen molar-refractivity contribution in [2.24, 2.45) is 5.16 Å². The Labute approximate surface area is 119 Å². The van der Waals surface area contributed by atoms with Crippen LogP contribution in [0.2, 0.25) is 0 Å². The van der Waals surface area contributed by atoms with Crippen LogP contribution in [0.4, 0.5) is 13.2 Å². The van der Waals surface area contributed by atoms with Crippen molar-refractivity contribution in [2.75, 3.05) is 6.26 Å². The molecule has 0 radical (unpaired) electrons. The summed E-state index contributed by atoms with van der Waals surface area (Å²) in [5.41, 5.74) is -1.68. The summed E-state index contributed by atoms with van der Waals surface area (Å²) in [6, 6.07) is 10.8. The average molecular weight is 317 g/mol. The van der Waals surface area contributed by atoms with Gasteiger partial charge < -0.3 is 0 Å². The topological polar surface area (TPSA) is 55.7 Å². The molecule has 4 nitrogen and oxygen atoms in total. The fraction of sp³-hybridized carbons (Fsp3) is 0.154. The van der Waals surface area contributed by atoms with Crippen molar-refractivity contribution in [3.63, 3.8) is 0 Å². The van der Waals surface area contributed by atoms with E-state index in [0.29, 0.717) is 11.6 Å². The van der Waals surface area contributed by atoms with Gasteiger partial charge in [-0.15, -0.1) is 0 Å². The van der Waals surface area contributed by atoms with Crippen LogP contribution < -0.4 is 0 Å². The molecule has 0 fully saturated rings. The van der Waals surface area contributed by atoms with E-state index in [1.807, 2.05) is 0 Å². The third kappa shape index (κ3) is 3.94. The minimum atomic E-state index is -4.84. The van der Waals surface area contributed by atoms with Crippen LogP contribution in [0.5, 0.6) is 0 Å². The van der Waals surface area contributed by atoms with E-state index in [2.05, 4.69) is 9.44 Å². The van der Waals surface area contributed by atoms with Crippen LogP contribution in [0.25, 0.3) is 10.8 Å². The first-order chi connectivity index (χ1) is 9.67. The van der Waals surface area contributed by atoms with Gasteiger partial charge in [0.05, 0.1) is 6.26 Å². The summed E-state index contributed by atoms with van der Waals surface area (Å²) in [7, 11) is -4.12. The highest BCUT2D eigenvalue weighted by molar-refractivity contribution is 7.85. The second-order valence-corrected chi connectivity index (χ2v) is 5.84. The molecule has 0 aliphatic heterocycles. The number of rotatable bonds is 3. The molecule has 0 aliphatic rings. The molecule has 0 aliphatic carbocycles. The summed E-state index contributed by atoms with van der Waals surface area (Å²) >= 11 is 0.